The number of carbonyl (C=O) groups is 1. The SMILES string of the molecule is CCn1c(SC(C(=O)N2CCNCC2)c2cccc(Br)c2)nc2cc3ccccc3cc2c1=O. The Bertz CT molecular complexity index is 1430. The summed E-state index contributed by atoms with van der Waals surface area (Å²) >= 11 is 4.90. The van der Waals surface area contributed by atoms with E-state index in [-0.39, 0.29) is 11.5 Å². The monoisotopic (exact) mass is 536 g/mol. The fourth-order valence-electron chi connectivity index (χ4n) is 4.34. The van der Waals surface area contributed by atoms with E-state index in [2.05, 4.69) is 21.2 Å². The van der Waals surface area contributed by atoms with Crippen LogP contribution in [0.4, 0.5) is 0 Å². The molecule has 2 heterocycles. The maximum absolute atomic E-state index is 13.7. The van der Waals surface area contributed by atoms with E-state index in [9.17, 15) is 9.59 Å². The number of amides is 1. The maximum atomic E-state index is 13.7. The van der Waals surface area contributed by atoms with Gasteiger partial charge in [0.1, 0.15) is 5.25 Å². The van der Waals surface area contributed by atoms with Crippen LogP contribution in [0.3, 0.4) is 0 Å². The molecule has 1 N–H and O–H groups in total. The summed E-state index contributed by atoms with van der Waals surface area (Å²) in [4.78, 5) is 34.0. The van der Waals surface area contributed by atoms with E-state index in [0.717, 1.165) is 33.9 Å². The van der Waals surface area contributed by atoms with E-state index in [4.69, 9.17) is 4.98 Å². The van der Waals surface area contributed by atoms with Crippen molar-refractivity contribution in [3.8, 4) is 0 Å². The van der Waals surface area contributed by atoms with Crippen molar-refractivity contribution in [3.05, 3.63) is 81.1 Å². The molecule has 34 heavy (non-hydrogen) atoms. The quantitative estimate of drug-likeness (QED) is 0.229. The van der Waals surface area contributed by atoms with Crippen molar-refractivity contribution in [2.24, 2.45) is 0 Å². The van der Waals surface area contributed by atoms with Crippen LogP contribution in [-0.2, 0) is 11.3 Å². The fourth-order valence-corrected chi connectivity index (χ4v) is 5.99. The maximum Gasteiger partial charge on any atom is 0.262 e. The lowest BCUT2D eigenvalue weighted by Gasteiger charge is -2.31. The zero-order valence-corrected chi connectivity index (χ0v) is 21.2. The topological polar surface area (TPSA) is 67.2 Å². The third kappa shape index (κ3) is 4.50. The molecule has 174 valence electrons. The number of hydrogen-bond acceptors (Lipinski definition) is 5. The van der Waals surface area contributed by atoms with Gasteiger partial charge in [0.25, 0.3) is 5.56 Å². The number of carbonyl (C=O) groups excluding carboxylic acids is 1. The van der Waals surface area contributed by atoms with Crippen LogP contribution in [0.25, 0.3) is 21.7 Å². The van der Waals surface area contributed by atoms with Gasteiger partial charge in [0, 0.05) is 37.2 Å². The van der Waals surface area contributed by atoms with Crippen LogP contribution >= 0.6 is 27.7 Å². The van der Waals surface area contributed by atoms with Crippen molar-refractivity contribution in [3.63, 3.8) is 0 Å². The van der Waals surface area contributed by atoms with Crippen LogP contribution in [0.15, 0.2) is 75.1 Å². The Morgan fingerprint density at radius 1 is 1.09 bits per heavy atom. The standard InChI is InChI=1S/C26H25BrN4O2S/c1-2-31-24(32)21-15-17-6-3-4-7-18(17)16-22(21)29-26(31)34-23(19-8-5-9-20(27)14-19)25(33)30-12-10-28-11-13-30/h3-9,14-16,23,28H,2,10-13H2,1H3. The lowest BCUT2D eigenvalue weighted by atomic mass is 10.1. The van der Waals surface area contributed by atoms with E-state index in [0.29, 0.717) is 35.7 Å². The van der Waals surface area contributed by atoms with E-state index >= 15 is 0 Å². The third-order valence-corrected chi connectivity index (χ3v) is 7.86. The second kappa shape index (κ2) is 9.90. The molecule has 1 unspecified atom stereocenters. The lowest BCUT2D eigenvalue weighted by molar-refractivity contribution is -0.131. The van der Waals surface area contributed by atoms with E-state index in [1.165, 1.54) is 11.8 Å². The van der Waals surface area contributed by atoms with Gasteiger partial charge in [0.15, 0.2) is 5.16 Å². The van der Waals surface area contributed by atoms with Crippen molar-refractivity contribution >= 4 is 55.3 Å². The molecule has 3 aromatic carbocycles. The number of nitrogens with one attached hydrogen (secondary N) is 1. The molecule has 4 aromatic rings. The molecule has 1 aliphatic rings. The van der Waals surface area contributed by atoms with Gasteiger partial charge < -0.3 is 10.2 Å². The van der Waals surface area contributed by atoms with Crippen molar-refractivity contribution in [1.82, 2.24) is 19.8 Å². The Kier molecular flexibility index (Phi) is 6.72. The molecule has 0 spiro atoms. The average molecular weight is 537 g/mol. The Labute approximate surface area is 210 Å². The Morgan fingerprint density at radius 2 is 1.82 bits per heavy atom. The minimum absolute atomic E-state index is 0.0418. The summed E-state index contributed by atoms with van der Waals surface area (Å²) in [7, 11) is 0. The second-order valence-electron chi connectivity index (χ2n) is 8.29. The second-order valence-corrected chi connectivity index (χ2v) is 10.3. The summed E-state index contributed by atoms with van der Waals surface area (Å²) in [6, 6.07) is 19.7. The summed E-state index contributed by atoms with van der Waals surface area (Å²) in [5.74, 6) is 0.0418. The number of fused-ring (bicyclic) bond motifs is 2. The normalized spacial score (nSPS) is 15.1. The van der Waals surface area contributed by atoms with Gasteiger partial charge in [-0.3, -0.25) is 14.2 Å². The summed E-state index contributed by atoms with van der Waals surface area (Å²) in [6.07, 6.45) is 0. The Balaban J connectivity index is 1.62. The van der Waals surface area contributed by atoms with E-state index in [1.807, 2.05) is 72.5 Å². The van der Waals surface area contributed by atoms with Crippen LogP contribution in [0.5, 0.6) is 0 Å². The Morgan fingerprint density at radius 3 is 2.53 bits per heavy atom. The number of nitrogens with zero attached hydrogens (tertiary/aromatic N) is 3. The van der Waals surface area contributed by atoms with Crippen LogP contribution in [0.1, 0.15) is 17.7 Å². The van der Waals surface area contributed by atoms with Gasteiger partial charge in [-0.25, -0.2) is 4.98 Å². The molecule has 0 bridgehead atoms. The smallest absolute Gasteiger partial charge is 0.262 e. The summed E-state index contributed by atoms with van der Waals surface area (Å²) in [5.41, 5.74) is 1.46. The zero-order chi connectivity index (χ0) is 23.7. The first kappa shape index (κ1) is 23.1. The van der Waals surface area contributed by atoms with Gasteiger partial charge in [-0.2, -0.15) is 0 Å². The first-order valence-corrected chi connectivity index (χ1v) is 13.1. The minimum atomic E-state index is -0.502. The molecule has 1 atom stereocenters. The molecule has 0 saturated carbocycles. The molecular formula is C26H25BrN4O2S. The summed E-state index contributed by atoms with van der Waals surface area (Å²) < 4.78 is 2.59. The average Bonchev–Trinajstić information content (AvgIpc) is 2.86. The molecule has 0 aliphatic carbocycles. The molecule has 8 heteroatoms. The third-order valence-electron chi connectivity index (χ3n) is 6.13. The number of piperazine rings is 1. The number of halogens is 1. The van der Waals surface area contributed by atoms with Crippen molar-refractivity contribution < 1.29 is 4.79 Å². The fraction of sp³-hybridized carbons (Fsp3) is 0.269. The van der Waals surface area contributed by atoms with E-state index < -0.39 is 5.25 Å². The molecule has 1 fully saturated rings. The van der Waals surface area contributed by atoms with Crippen LogP contribution < -0.4 is 10.9 Å². The largest absolute Gasteiger partial charge is 0.339 e. The van der Waals surface area contributed by atoms with Gasteiger partial charge >= 0.3 is 0 Å². The highest BCUT2D eigenvalue weighted by molar-refractivity contribution is 9.10. The van der Waals surface area contributed by atoms with E-state index in [1.54, 1.807) is 4.57 Å². The van der Waals surface area contributed by atoms with Gasteiger partial charge in [0.05, 0.1) is 10.9 Å². The van der Waals surface area contributed by atoms with Gasteiger partial charge in [-0.1, -0.05) is 64.1 Å². The molecule has 1 amide bonds. The summed E-state index contributed by atoms with van der Waals surface area (Å²) in [5, 5.41) is 6.00. The van der Waals surface area contributed by atoms with Crippen molar-refractivity contribution in [2.45, 2.75) is 23.9 Å². The first-order valence-electron chi connectivity index (χ1n) is 11.4. The Hall–Kier alpha value is -2.68. The molecule has 1 saturated heterocycles. The molecule has 0 radical (unpaired) electrons. The number of benzene rings is 3. The number of aromatic nitrogens is 2. The van der Waals surface area contributed by atoms with Crippen molar-refractivity contribution in [2.75, 3.05) is 26.2 Å². The minimum Gasteiger partial charge on any atom is -0.339 e. The molecule has 1 aromatic heterocycles. The van der Waals surface area contributed by atoms with Gasteiger partial charge in [-0.15, -0.1) is 0 Å². The number of rotatable bonds is 5. The van der Waals surface area contributed by atoms with Crippen LogP contribution in [-0.4, -0.2) is 46.5 Å². The number of thioether (sulfide) groups is 1. The summed E-state index contributed by atoms with van der Waals surface area (Å²) in [6.45, 7) is 5.31. The molecule has 5 rings (SSSR count). The molecule has 6 nitrogen and oxygen atoms in total. The van der Waals surface area contributed by atoms with Gasteiger partial charge in [0.2, 0.25) is 5.91 Å². The van der Waals surface area contributed by atoms with Gasteiger partial charge in [-0.05, 0) is 47.5 Å². The molecule has 1 aliphatic heterocycles. The number of hydrogen-bond donors (Lipinski definition) is 1. The van der Waals surface area contributed by atoms with Crippen LogP contribution in [0.2, 0.25) is 0 Å². The predicted molar refractivity (Wildman–Crippen MR) is 141 cm³/mol. The zero-order valence-electron chi connectivity index (χ0n) is 18.8. The molecular weight excluding hydrogens is 512 g/mol. The van der Waals surface area contributed by atoms with Crippen LogP contribution in [0, 0.1) is 0 Å². The lowest BCUT2D eigenvalue weighted by Crippen LogP contribution is -2.47. The predicted octanol–water partition coefficient (Wildman–Crippen LogP) is 4.60. The highest BCUT2D eigenvalue weighted by Gasteiger charge is 2.30. The highest BCUT2D eigenvalue weighted by atomic mass is 79.9. The first-order chi connectivity index (χ1) is 16.5. The van der Waals surface area contributed by atoms with Crippen molar-refractivity contribution in [1.29, 1.82) is 0 Å². The highest BCUT2D eigenvalue weighted by Crippen LogP contribution is 2.37.